The maximum Gasteiger partial charge on any atom is 0.310 e. The van der Waals surface area contributed by atoms with Crippen molar-refractivity contribution in [3.63, 3.8) is 0 Å². The van der Waals surface area contributed by atoms with E-state index in [1.807, 2.05) is 0 Å². The van der Waals surface area contributed by atoms with Crippen LogP contribution in [0, 0.1) is 5.82 Å². The number of hydrogen-bond donors (Lipinski definition) is 2. The van der Waals surface area contributed by atoms with Crippen LogP contribution in [-0.2, 0) is 16.8 Å². The number of aromatic nitrogens is 1. The van der Waals surface area contributed by atoms with Crippen molar-refractivity contribution in [2.24, 2.45) is 15.7 Å². The van der Waals surface area contributed by atoms with Gasteiger partial charge in [-0.2, -0.15) is 8.78 Å². The molecule has 170 valence electrons. The third-order valence-electron chi connectivity index (χ3n) is 5.18. The van der Waals surface area contributed by atoms with Crippen LogP contribution in [0.2, 0.25) is 0 Å². The number of hydrogen-bond acceptors (Lipinski definition) is 7. The number of halogens is 5. The van der Waals surface area contributed by atoms with Gasteiger partial charge in [0.25, 0.3) is 12.4 Å². The Bertz CT molecular complexity index is 1090. The maximum absolute atomic E-state index is 14.8. The van der Waals surface area contributed by atoms with Crippen molar-refractivity contribution >= 4 is 17.5 Å². The van der Waals surface area contributed by atoms with E-state index in [2.05, 4.69) is 25.0 Å². The summed E-state index contributed by atoms with van der Waals surface area (Å²) in [5, 5.41) is 2.95. The quantitative estimate of drug-likeness (QED) is 0.674. The number of aliphatic imine (C=N–C) groups is 2. The average molecular weight is 455 g/mol. The number of fused-ring (bicyclic) bond motifs is 1. The molecule has 2 aliphatic heterocycles. The fraction of sp³-hybridized carbons (Fsp3) is 0.350. The van der Waals surface area contributed by atoms with Gasteiger partial charge in [0.1, 0.15) is 23.9 Å². The van der Waals surface area contributed by atoms with Gasteiger partial charge in [-0.15, -0.1) is 0 Å². The molecule has 2 aliphatic rings. The van der Waals surface area contributed by atoms with E-state index in [4.69, 9.17) is 10.5 Å². The van der Waals surface area contributed by atoms with Gasteiger partial charge in [0.2, 0.25) is 0 Å². The number of nitrogens with two attached hydrogens (primary N) is 1. The van der Waals surface area contributed by atoms with E-state index in [0.29, 0.717) is 22.8 Å². The van der Waals surface area contributed by atoms with Gasteiger partial charge < -0.3 is 20.5 Å². The van der Waals surface area contributed by atoms with Crippen molar-refractivity contribution in [3.05, 3.63) is 53.1 Å². The van der Waals surface area contributed by atoms with Crippen molar-refractivity contribution in [1.82, 2.24) is 4.98 Å². The summed E-state index contributed by atoms with van der Waals surface area (Å²) in [5.74, 6) is -3.93. The molecule has 12 heteroatoms. The first-order chi connectivity index (χ1) is 15.1. The average Bonchev–Trinajstić information content (AvgIpc) is 2.75. The second kappa shape index (κ2) is 7.92. The molecule has 4 rings (SSSR count). The second-order valence-corrected chi connectivity index (χ2v) is 7.38. The molecule has 0 saturated carbocycles. The molecule has 32 heavy (non-hydrogen) atoms. The molecule has 3 N–H and O–H groups in total. The molecule has 1 atom stereocenters. The van der Waals surface area contributed by atoms with Crippen LogP contribution in [0.4, 0.5) is 27.6 Å². The Morgan fingerprint density at radius 2 is 2.06 bits per heavy atom. The van der Waals surface area contributed by atoms with Crippen LogP contribution in [0.3, 0.4) is 0 Å². The van der Waals surface area contributed by atoms with E-state index in [1.165, 1.54) is 24.4 Å². The maximum atomic E-state index is 14.8. The molecule has 0 aliphatic carbocycles. The Morgan fingerprint density at radius 3 is 2.75 bits per heavy atom. The summed E-state index contributed by atoms with van der Waals surface area (Å²) in [5.41, 5.74) is 4.01. The Morgan fingerprint density at radius 1 is 1.28 bits per heavy atom. The molecular weight excluding hydrogens is 437 g/mol. The van der Waals surface area contributed by atoms with Gasteiger partial charge in [0, 0.05) is 16.8 Å². The normalized spacial score (nSPS) is 21.7. The number of pyridine rings is 1. The molecule has 0 fully saturated rings. The van der Waals surface area contributed by atoms with Crippen molar-refractivity contribution < 1.29 is 31.4 Å². The SMILES string of the molecule is CC1(c2cc3c(cc2F)CN=C(c2ccc(OCC(F)F)cn2)N3)N=C(N)OCC1(F)F. The van der Waals surface area contributed by atoms with Gasteiger partial charge in [-0.1, -0.05) is 0 Å². The lowest BCUT2D eigenvalue weighted by Gasteiger charge is -2.38. The highest BCUT2D eigenvalue weighted by Crippen LogP contribution is 2.45. The van der Waals surface area contributed by atoms with Gasteiger partial charge >= 0.3 is 5.92 Å². The summed E-state index contributed by atoms with van der Waals surface area (Å²) in [4.78, 5) is 12.1. The fourth-order valence-electron chi connectivity index (χ4n) is 3.37. The first-order valence-electron chi connectivity index (χ1n) is 9.47. The van der Waals surface area contributed by atoms with Crippen LogP contribution in [0.1, 0.15) is 23.7 Å². The van der Waals surface area contributed by atoms with E-state index < -0.39 is 42.9 Å². The van der Waals surface area contributed by atoms with Gasteiger partial charge in [-0.05, 0) is 31.2 Å². The minimum absolute atomic E-state index is 0.0712. The van der Waals surface area contributed by atoms with Gasteiger partial charge in [0.15, 0.2) is 18.0 Å². The second-order valence-electron chi connectivity index (χ2n) is 7.38. The minimum Gasteiger partial charge on any atom is -0.486 e. The lowest BCUT2D eigenvalue weighted by atomic mass is 9.84. The minimum atomic E-state index is -3.51. The number of nitrogens with one attached hydrogen (secondary N) is 1. The van der Waals surface area contributed by atoms with E-state index >= 15 is 0 Å². The molecular formula is C20H18F5N5O2. The van der Waals surface area contributed by atoms with E-state index in [0.717, 1.165) is 13.0 Å². The topological polar surface area (TPSA) is 94.1 Å². The highest BCUT2D eigenvalue weighted by molar-refractivity contribution is 6.08. The molecule has 0 amide bonds. The number of alkyl halides is 4. The fourth-order valence-corrected chi connectivity index (χ4v) is 3.37. The molecule has 1 unspecified atom stereocenters. The molecule has 1 aromatic carbocycles. The Balaban J connectivity index is 1.62. The predicted octanol–water partition coefficient (Wildman–Crippen LogP) is 3.43. The van der Waals surface area contributed by atoms with Crippen LogP contribution >= 0.6 is 0 Å². The number of benzene rings is 1. The molecule has 0 saturated heterocycles. The van der Waals surface area contributed by atoms with Crippen LogP contribution in [0.25, 0.3) is 0 Å². The van der Waals surface area contributed by atoms with E-state index in [9.17, 15) is 22.0 Å². The van der Waals surface area contributed by atoms with E-state index in [-0.39, 0.29) is 17.9 Å². The summed E-state index contributed by atoms with van der Waals surface area (Å²) in [6.07, 6.45) is -1.36. The first kappa shape index (κ1) is 21.8. The number of anilines is 1. The van der Waals surface area contributed by atoms with Crippen LogP contribution in [0.15, 0.2) is 40.4 Å². The summed E-state index contributed by atoms with van der Waals surface area (Å²) in [6.45, 7) is -0.630. The van der Waals surface area contributed by atoms with E-state index in [1.54, 1.807) is 0 Å². The lowest BCUT2D eigenvalue weighted by molar-refractivity contribution is -0.117. The molecule has 7 nitrogen and oxygen atoms in total. The zero-order chi connectivity index (χ0) is 23.1. The number of nitrogens with zero attached hydrogens (tertiary/aromatic N) is 3. The largest absolute Gasteiger partial charge is 0.486 e. The molecule has 1 aromatic heterocycles. The molecule has 3 heterocycles. The Labute approximate surface area is 179 Å². The molecule has 0 radical (unpaired) electrons. The molecule has 2 aromatic rings. The zero-order valence-corrected chi connectivity index (χ0v) is 16.7. The van der Waals surface area contributed by atoms with Crippen molar-refractivity contribution in [3.8, 4) is 5.75 Å². The number of ether oxygens (including phenoxy) is 2. The summed E-state index contributed by atoms with van der Waals surface area (Å²) in [7, 11) is 0. The van der Waals surface area contributed by atoms with Crippen molar-refractivity contribution in [1.29, 1.82) is 0 Å². The summed E-state index contributed by atoms with van der Waals surface area (Å²) < 4.78 is 78.2. The summed E-state index contributed by atoms with van der Waals surface area (Å²) >= 11 is 0. The summed E-state index contributed by atoms with van der Waals surface area (Å²) in [6, 6.07) is 4.86. The van der Waals surface area contributed by atoms with Crippen LogP contribution in [0.5, 0.6) is 5.75 Å². The lowest BCUT2D eigenvalue weighted by Crippen LogP contribution is -2.51. The van der Waals surface area contributed by atoms with Gasteiger partial charge in [-0.3, -0.25) is 4.99 Å². The van der Waals surface area contributed by atoms with Crippen LogP contribution < -0.4 is 15.8 Å². The van der Waals surface area contributed by atoms with Crippen molar-refractivity contribution in [2.75, 3.05) is 18.5 Å². The van der Waals surface area contributed by atoms with Crippen LogP contribution in [-0.4, -0.2) is 42.4 Å². The molecule has 0 bridgehead atoms. The predicted molar refractivity (Wildman–Crippen MR) is 106 cm³/mol. The highest BCUT2D eigenvalue weighted by Gasteiger charge is 2.56. The first-order valence-corrected chi connectivity index (χ1v) is 9.47. The standard InChI is InChI=1S/C20H18F5N5O2/c1-19(20(24,25)9-32-18(26)30-19)12-5-15-10(4-13(12)21)6-28-17(29-15)14-3-2-11(7-27-14)31-8-16(22)23/h2-5,7,16H,6,8-9H2,1H3,(H2,26,30)(H,28,29). The number of rotatable bonds is 5. The Hall–Kier alpha value is -3.44. The zero-order valence-electron chi connectivity index (χ0n) is 16.7. The third-order valence-corrected chi connectivity index (χ3v) is 5.18. The highest BCUT2D eigenvalue weighted by atomic mass is 19.3. The third kappa shape index (κ3) is 3.92. The van der Waals surface area contributed by atoms with Gasteiger partial charge in [-0.25, -0.2) is 23.1 Å². The smallest absolute Gasteiger partial charge is 0.310 e. The number of amidine groups is 2. The Kier molecular flexibility index (Phi) is 5.39. The molecule has 0 spiro atoms. The van der Waals surface area contributed by atoms with Crippen molar-refractivity contribution in [2.45, 2.75) is 31.4 Å². The monoisotopic (exact) mass is 455 g/mol. The van der Waals surface area contributed by atoms with Gasteiger partial charge in [0.05, 0.1) is 12.7 Å².